The van der Waals surface area contributed by atoms with Crippen molar-refractivity contribution in [2.45, 2.75) is 32.4 Å². The van der Waals surface area contributed by atoms with Crippen LogP contribution < -0.4 is 10.6 Å². The largest absolute Gasteiger partial charge is 0.324 e. The number of halogens is 1. The van der Waals surface area contributed by atoms with Gasteiger partial charge >= 0.3 is 0 Å². The van der Waals surface area contributed by atoms with E-state index in [-0.39, 0.29) is 18.1 Å². The zero-order chi connectivity index (χ0) is 25.9. The van der Waals surface area contributed by atoms with Gasteiger partial charge in [-0.1, -0.05) is 11.3 Å². The molecular weight excluding hydrogens is 477 g/mol. The van der Waals surface area contributed by atoms with E-state index in [0.717, 1.165) is 17.5 Å². The molecule has 11 nitrogen and oxygen atoms in total. The molecule has 0 spiro atoms. The number of carbonyl (C=O) groups is 2. The Morgan fingerprint density at radius 3 is 2.78 bits per heavy atom. The molecule has 12 heteroatoms. The Hall–Kier alpha value is -4.19. The summed E-state index contributed by atoms with van der Waals surface area (Å²) in [6.45, 7) is 3.18. The quantitative estimate of drug-likeness (QED) is 0.413. The van der Waals surface area contributed by atoms with E-state index in [0.29, 0.717) is 48.5 Å². The third-order valence-corrected chi connectivity index (χ3v) is 6.40. The maximum Gasteiger partial charge on any atom is 0.278 e. The second kappa shape index (κ2) is 10.4. The number of fused-ring (bicyclic) bond motifs is 1. The van der Waals surface area contributed by atoms with Crippen LogP contribution in [-0.2, 0) is 11.8 Å². The minimum atomic E-state index is -0.800. The maximum atomic E-state index is 13.6. The van der Waals surface area contributed by atoms with Crippen molar-refractivity contribution in [2.24, 2.45) is 7.05 Å². The van der Waals surface area contributed by atoms with Gasteiger partial charge in [0.1, 0.15) is 6.17 Å². The molecule has 192 valence electrons. The first-order valence-electron chi connectivity index (χ1n) is 12.1. The Bertz CT molecular complexity index is 1450. The molecule has 0 bridgehead atoms. The van der Waals surface area contributed by atoms with E-state index in [9.17, 15) is 14.0 Å². The summed E-state index contributed by atoms with van der Waals surface area (Å²) in [4.78, 5) is 31.9. The fraction of sp³-hybridized carbons (Fsp3) is 0.360. The van der Waals surface area contributed by atoms with Gasteiger partial charge in [0, 0.05) is 37.1 Å². The van der Waals surface area contributed by atoms with Crippen LogP contribution in [0, 0.1) is 6.92 Å². The minimum absolute atomic E-state index is 0.166. The lowest BCUT2D eigenvalue weighted by molar-refractivity contribution is -0.117. The number of likely N-dealkylation sites (tertiary alicyclic amines) is 1. The molecule has 0 radical (unpaired) electrons. The van der Waals surface area contributed by atoms with E-state index in [1.807, 2.05) is 24.2 Å². The molecule has 2 N–H and O–H groups in total. The van der Waals surface area contributed by atoms with E-state index in [1.165, 1.54) is 6.20 Å². The highest BCUT2D eigenvalue weighted by atomic mass is 19.1. The number of aromatic nitrogens is 6. The first-order chi connectivity index (χ1) is 17.9. The van der Waals surface area contributed by atoms with E-state index < -0.39 is 12.1 Å². The summed E-state index contributed by atoms with van der Waals surface area (Å²) >= 11 is 0. The van der Waals surface area contributed by atoms with Crippen LogP contribution in [0.4, 0.5) is 15.8 Å². The molecule has 0 aromatic carbocycles. The van der Waals surface area contributed by atoms with E-state index in [1.54, 1.807) is 40.6 Å². The summed E-state index contributed by atoms with van der Waals surface area (Å²) < 4.78 is 16.8. The van der Waals surface area contributed by atoms with Crippen LogP contribution in [0.3, 0.4) is 0 Å². The predicted molar refractivity (Wildman–Crippen MR) is 136 cm³/mol. The molecule has 1 fully saturated rings. The van der Waals surface area contributed by atoms with E-state index >= 15 is 0 Å². The third kappa shape index (κ3) is 5.64. The number of carbonyl (C=O) groups excluding carboxylic acids is 2. The summed E-state index contributed by atoms with van der Waals surface area (Å²) in [5.41, 5.74) is 4.03. The smallest absolute Gasteiger partial charge is 0.278 e. The zero-order valence-corrected chi connectivity index (χ0v) is 20.7. The molecule has 5 heterocycles. The minimum Gasteiger partial charge on any atom is -0.324 e. The Labute approximate surface area is 212 Å². The van der Waals surface area contributed by atoms with E-state index in [2.05, 4.69) is 31.0 Å². The average Bonchev–Trinajstić information content (AvgIpc) is 3.44. The number of rotatable bonds is 6. The third-order valence-electron chi connectivity index (χ3n) is 6.40. The van der Waals surface area contributed by atoms with Crippen LogP contribution in [0.2, 0.25) is 0 Å². The molecule has 1 aliphatic heterocycles. The van der Waals surface area contributed by atoms with Gasteiger partial charge in [-0.3, -0.25) is 24.2 Å². The van der Waals surface area contributed by atoms with Crippen molar-refractivity contribution in [3.8, 4) is 11.1 Å². The van der Waals surface area contributed by atoms with Crippen LogP contribution in [-0.4, -0.2) is 72.1 Å². The molecule has 1 aliphatic rings. The van der Waals surface area contributed by atoms with Crippen molar-refractivity contribution in [3.63, 3.8) is 0 Å². The van der Waals surface area contributed by atoms with Crippen molar-refractivity contribution in [1.82, 2.24) is 34.5 Å². The number of anilines is 2. The number of nitrogens with one attached hydrogen (secondary N) is 2. The van der Waals surface area contributed by atoms with Crippen LogP contribution >= 0.6 is 0 Å². The molecule has 1 saturated heterocycles. The van der Waals surface area contributed by atoms with Gasteiger partial charge in [-0.05, 0) is 44.9 Å². The summed E-state index contributed by atoms with van der Waals surface area (Å²) in [6.07, 6.45) is 7.88. The van der Waals surface area contributed by atoms with Crippen LogP contribution in [0.5, 0.6) is 0 Å². The molecule has 5 rings (SSSR count). The number of hydrogen-bond donors (Lipinski definition) is 2. The molecule has 2 amide bonds. The molecule has 37 heavy (non-hydrogen) atoms. The molecule has 4 aromatic heterocycles. The summed E-state index contributed by atoms with van der Waals surface area (Å²) in [7, 11) is 1.84. The van der Waals surface area contributed by atoms with Crippen LogP contribution in [0.25, 0.3) is 16.6 Å². The number of alkyl halides is 1. The highest BCUT2D eigenvalue weighted by Crippen LogP contribution is 2.22. The second-order valence-corrected chi connectivity index (χ2v) is 9.25. The molecule has 1 atom stereocenters. The fourth-order valence-electron chi connectivity index (χ4n) is 4.38. The molecule has 0 saturated carbocycles. The van der Waals surface area contributed by atoms with Gasteiger partial charge in [0.05, 0.1) is 41.5 Å². The van der Waals surface area contributed by atoms with Crippen molar-refractivity contribution in [2.75, 3.05) is 30.3 Å². The predicted octanol–water partition coefficient (Wildman–Crippen LogP) is 2.85. The summed E-state index contributed by atoms with van der Waals surface area (Å²) in [5.74, 6) is -0.656. The van der Waals surface area contributed by atoms with Crippen LogP contribution in [0.15, 0.2) is 43.0 Å². The van der Waals surface area contributed by atoms with Crippen molar-refractivity contribution >= 4 is 28.7 Å². The fourth-order valence-corrected chi connectivity index (χ4v) is 4.38. The maximum absolute atomic E-state index is 13.6. The van der Waals surface area contributed by atoms with Gasteiger partial charge in [0.2, 0.25) is 5.91 Å². The second-order valence-electron chi connectivity index (χ2n) is 9.25. The Morgan fingerprint density at radius 1 is 1.11 bits per heavy atom. The SMILES string of the molecule is Cc1ncc(NC(=O)CN2CCCC(F)CC2)cc1NC(=O)c1nnn2cc(-c3cnn(C)c3)ccc12. The van der Waals surface area contributed by atoms with Crippen molar-refractivity contribution in [3.05, 3.63) is 54.4 Å². The Balaban J connectivity index is 1.27. The summed E-state index contributed by atoms with van der Waals surface area (Å²) in [6, 6.07) is 5.32. The summed E-state index contributed by atoms with van der Waals surface area (Å²) in [5, 5.41) is 18.0. The first kappa shape index (κ1) is 24.5. The number of amides is 2. The highest BCUT2D eigenvalue weighted by molar-refractivity contribution is 6.08. The van der Waals surface area contributed by atoms with Gasteiger partial charge in [0.25, 0.3) is 5.91 Å². The number of hydrogen-bond acceptors (Lipinski definition) is 7. The lowest BCUT2D eigenvalue weighted by Crippen LogP contribution is -2.34. The van der Waals surface area contributed by atoms with Crippen LogP contribution in [0.1, 0.15) is 35.4 Å². The normalized spacial score (nSPS) is 16.5. The first-order valence-corrected chi connectivity index (χ1v) is 12.1. The number of pyridine rings is 2. The highest BCUT2D eigenvalue weighted by Gasteiger charge is 2.20. The topological polar surface area (TPSA) is 122 Å². The van der Waals surface area contributed by atoms with E-state index in [4.69, 9.17) is 0 Å². The van der Waals surface area contributed by atoms with Gasteiger partial charge in [-0.25, -0.2) is 8.91 Å². The molecular formula is C25H28FN9O2. The monoisotopic (exact) mass is 505 g/mol. The van der Waals surface area contributed by atoms with Crippen molar-refractivity contribution < 1.29 is 14.0 Å². The molecule has 0 aliphatic carbocycles. The van der Waals surface area contributed by atoms with Gasteiger partial charge in [-0.2, -0.15) is 5.10 Å². The number of nitrogens with zero attached hydrogens (tertiary/aromatic N) is 7. The molecule has 1 unspecified atom stereocenters. The van der Waals surface area contributed by atoms with Gasteiger partial charge in [-0.15, -0.1) is 5.10 Å². The lowest BCUT2D eigenvalue weighted by Gasteiger charge is -2.19. The van der Waals surface area contributed by atoms with Crippen molar-refractivity contribution in [1.29, 1.82) is 0 Å². The zero-order valence-electron chi connectivity index (χ0n) is 20.7. The van der Waals surface area contributed by atoms with Gasteiger partial charge in [0.15, 0.2) is 5.69 Å². The van der Waals surface area contributed by atoms with Gasteiger partial charge < -0.3 is 10.6 Å². The molecule has 4 aromatic rings. The average molecular weight is 506 g/mol. The lowest BCUT2D eigenvalue weighted by atomic mass is 10.1. The Kier molecular flexibility index (Phi) is 6.91. The number of aryl methyl sites for hydroxylation is 2. The Morgan fingerprint density at radius 2 is 1.97 bits per heavy atom. The standard InChI is InChI=1S/C25H28FN9O2/c1-16-21(10-20(12-27-16)29-23(36)15-34-8-3-4-19(26)7-9-34)30-25(37)24-22-6-5-17(14-35(22)32-31-24)18-11-28-33(2)13-18/h5-6,10-14,19H,3-4,7-9,15H2,1-2H3,(H,29,36)(H,30,37).